The van der Waals surface area contributed by atoms with E-state index in [9.17, 15) is 14.0 Å². The molecule has 124 valence electrons. The Morgan fingerprint density at radius 3 is 2.27 bits per heavy atom. The van der Waals surface area contributed by atoms with Crippen LogP contribution in [0.5, 0.6) is 0 Å². The molecular weight excluding hydrogens is 309 g/mol. The van der Waals surface area contributed by atoms with Gasteiger partial charge in [-0.25, -0.2) is 4.39 Å². The first-order valence-electron chi connectivity index (χ1n) is 6.92. The number of carbonyl (C=O) groups is 2. The summed E-state index contributed by atoms with van der Waals surface area (Å²) in [6, 6.07) is 4.72. The van der Waals surface area contributed by atoms with E-state index in [0.717, 1.165) is 0 Å². The van der Waals surface area contributed by atoms with Crippen LogP contribution in [0.1, 0.15) is 31.1 Å². The van der Waals surface area contributed by atoms with Gasteiger partial charge in [0.1, 0.15) is 11.9 Å². The molecule has 0 bridgehead atoms. The third-order valence-corrected chi connectivity index (χ3v) is 3.10. The lowest BCUT2D eigenvalue weighted by Gasteiger charge is -2.23. The fourth-order valence-electron chi connectivity index (χ4n) is 1.79. The number of rotatable bonds is 6. The summed E-state index contributed by atoms with van der Waals surface area (Å²) in [4.78, 5) is 24.2. The molecule has 1 rings (SSSR count). The maximum absolute atomic E-state index is 13.6. The molecule has 1 unspecified atom stereocenters. The van der Waals surface area contributed by atoms with Gasteiger partial charge in [0.2, 0.25) is 5.91 Å². The first kappa shape index (κ1) is 20.3. The number of hydrogen-bond donors (Lipinski definition) is 3. The minimum absolute atomic E-state index is 0. The number of nitrogens with one attached hydrogen (secondary N) is 2. The minimum atomic E-state index is -0.744. The van der Waals surface area contributed by atoms with Gasteiger partial charge in [0.15, 0.2) is 0 Å². The molecule has 0 aromatic heterocycles. The third kappa shape index (κ3) is 5.61. The summed E-state index contributed by atoms with van der Waals surface area (Å²) in [5.41, 5.74) is 5.38. The van der Waals surface area contributed by atoms with Gasteiger partial charge in [-0.2, -0.15) is 0 Å². The number of halogens is 2. The molecule has 0 aliphatic carbocycles. The Morgan fingerprint density at radius 1 is 1.18 bits per heavy atom. The average Bonchev–Trinajstić information content (AvgIpc) is 2.44. The zero-order valence-electron chi connectivity index (χ0n) is 12.9. The molecule has 0 saturated heterocycles. The van der Waals surface area contributed by atoms with Crippen LogP contribution in [0.3, 0.4) is 0 Å². The van der Waals surface area contributed by atoms with Crippen LogP contribution >= 0.6 is 12.4 Å². The zero-order chi connectivity index (χ0) is 16.0. The molecule has 4 N–H and O–H groups in total. The molecule has 0 fully saturated rings. The molecule has 22 heavy (non-hydrogen) atoms. The molecule has 1 aromatic rings. The van der Waals surface area contributed by atoms with Gasteiger partial charge < -0.3 is 16.4 Å². The van der Waals surface area contributed by atoms with E-state index in [-0.39, 0.29) is 35.8 Å². The van der Waals surface area contributed by atoms with Gasteiger partial charge in [0.25, 0.3) is 5.91 Å². The fraction of sp³-hybridized carbons (Fsp3) is 0.467. The van der Waals surface area contributed by atoms with Gasteiger partial charge in [0.05, 0.1) is 5.56 Å². The molecule has 7 heteroatoms. The van der Waals surface area contributed by atoms with Crippen molar-refractivity contribution in [2.75, 3.05) is 6.54 Å². The van der Waals surface area contributed by atoms with Crippen LogP contribution < -0.4 is 16.4 Å². The van der Waals surface area contributed by atoms with Crippen LogP contribution in [0.2, 0.25) is 0 Å². The standard InChI is InChI=1S/C15H22FN3O2.ClH/c1-9(2)13(15(21)18-10(3)8-17)19-14(20)11-6-4-5-7-12(11)16;/h4-7,9-10,13H,8,17H2,1-3H3,(H,18,21)(H,19,20);1H/t10-,13?;/m0./s1. The molecule has 0 radical (unpaired) electrons. The smallest absolute Gasteiger partial charge is 0.254 e. The Hall–Kier alpha value is -1.66. The van der Waals surface area contributed by atoms with Crippen LogP contribution in [-0.2, 0) is 4.79 Å². The number of benzene rings is 1. The Kier molecular flexibility index (Phi) is 8.67. The fourth-order valence-corrected chi connectivity index (χ4v) is 1.79. The van der Waals surface area contributed by atoms with E-state index < -0.39 is 17.8 Å². The molecule has 0 aliphatic heterocycles. The lowest BCUT2D eigenvalue weighted by atomic mass is 10.0. The van der Waals surface area contributed by atoms with Crippen LogP contribution in [0.15, 0.2) is 24.3 Å². The number of carbonyl (C=O) groups excluding carboxylic acids is 2. The average molecular weight is 332 g/mol. The van der Waals surface area contributed by atoms with Crippen molar-refractivity contribution in [3.63, 3.8) is 0 Å². The van der Waals surface area contributed by atoms with Crippen molar-refractivity contribution in [3.8, 4) is 0 Å². The highest BCUT2D eigenvalue weighted by molar-refractivity contribution is 5.97. The van der Waals surface area contributed by atoms with Crippen molar-refractivity contribution in [3.05, 3.63) is 35.6 Å². The second kappa shape index (κ2) is 9.38. The largest absolute Gasteiger partial charge is 0.351 e. The highest BCUT2D eigenvalue weighted by Crippen LogP contribution is 2.09. The van der Waals surface area contributed by atoms with Gasteiger partial charge in [-0.15, -0.1) is 12.4 Å². The molecule has 5 nitrogen and oxygen atoms in total. The van der Waals surface area contributed by atoms with E-state index in [1.807, 2.05) is 0 Å². The Labute approximate surface area is 136 Å². The lowest BCUT2D eigenvalue weighted by molar-refractivity contribution is -0.124. The predicted molar refractivity (Wildman–Crippen MR) is 86.4 cm³/mol. The Balaban J connectivity index is 0.00000441. The van der Waals surface area contributed by atoms with E-state index in [1.165, 1.54) is 18.2 Å². The second-order valence-corrected chi connectivity index (χ2v) is 5.32. The molecule has 0 heterocycles. The molecule has 0 saturated carbocycles. The summed E-state index contributed by atoms with van der Waals surface area (Å²) in [7, 11) is 0. The van der Waals surface area contributed by atoms with Crippen LogP contribution in [0, 0.1) is 11.7 Å². The number of hydrogen-bond acceptors (Lipinski definition) is 3. The van der Waals surface area contributed by atoms with E-state index >= 15 is 0 Å². The van der Waals surface area contributed by atoms with E-state index in [4.69, 9.17) is 5.73 Å². The summed E-state index contributed by atoms with van der Waals surface area (Å²) < 4.78 is 13.6. The monoisotopic (exact) mass is 331 g/mol. The van der Waals surface area contributed by atoms with Crippen LogP contribution in [0.4, 0.5) is 4.39 Å². The van der Waals surface area contributed by atoms with Crippen molar-refractivity contribution in [2.45, 2.75) is 32.9 Å². The summed E-state index contributed by atoms with van der Waals surface area (Å²) >= 11 is 0. The summed E-state index contributed by atoms with van der Waals surface area (Å²) in [5.74, 6) is -1.69. The molecule has 2 amide bonds. The first-order valence-corrected chi connectivity index (χ1v) is 6.92. The normalized spacial score (nSPS) is 13.0. The lowest BCUT2D eigenvalue weighted by Crippen LogP contribution is -2.52. The van der Waals surface area contributed by atoms with Crippen molar-refractivity contribution in [2.24, 2.45) is 11.7 Å². The number of amides is 2. The van der Waals surface area contributed by atoms with E-state index in [2.05, 4.69) is 10.6 Å². The van der Waals surface area contributed by atoms with Crippen molar-refractivity contribution in [1.29, 1.82) is 0 Å². The molecule has 0 aliphatic rings. The highest BCUT2D eigenvalue weighted by atomic mass is 35.5. The van der Waals surface area contributed by atoms with E-state index in [1.54, 1.807) is 26.8 Å². The third-order valence-electron chi connectivity index (χ3n) is 3.10. The van der Waals surface area contributed by atoms with Crippen LogP contribution in [-0.4, -0.2) is 30.4 Å². The van der Waals surface area contributed by atoms with Gasteiger partial charge in [-0.05, 0) is 25.0 Å². The summed E-state index contributed by atoms with van der Waals surface area (Å²) in [6.45, 7) is 5.68. The molecule has 1 aromatic carbocycles. The highest BCUT2D eigenvalue weighted by Gasteiger charge is 2.26. The van der Waals surface area contributed by atoms with Gasteiger partial charge in [-0.3, -0.25) is 9.59 Å². The van der Waals surface area contributed by atoms with Gasteiger partial charge >= 0.3 is 0 Å². The second-order valence-electron chi connectivity index (χ2n) is 5.32. The maximum Gasteiger partial charge on any atom is 0.254 e. The summed E-state index contributed by atoms with van der Waals surface area (Å²) in [6.07, 6.45) is 0. The maximum atomic E-state index is 13.6. The topological polar surface area (TPSA) is 84.2 Å². The van der Waals surface area contributed by atoms with Crippen molar-refractivity contribution >= 4 is 24.2 Å². The first-order chi connectivity index (χ1) is 9.86. The zero-order valence-corrected chi connectivity index (χ0v) is 13.7. The minimum Gasteiger partial charge on any atom is -0.351 e. The SMILES string of the molecule is CC(C)C(NC(=O)c1ccccc1F)C(=O)N[C@@H](C)CN.Cl. The van der Waals surface area contributed by atoms with Gasteiger partial charge in [0, 0.05) is 12.6 Å². The van der Waals surface area contributed by atoms with Crippen molar-refractivity contribution < 1.29 is 14.0 Å². The Morgan fingerprint density at radius 2 is 1.77 bits per heavy atom. The van der Waals surface area contributed by atoms with Crippen molar-refractivity contribution in [1.82, 2.24) is 10.6 Å². The quantitative estimate of drug-likeness (QED) is 0.738. The summed E-state index contributed by atoms with van der Waals surface area (Å²) in [5, 5.41) is 5.28. The molecular formula is C15H23ClFN3O2. The van der Waals surface area contributed by atoms with E-state index in [0.29, 0.717) is 6.54 Å². The Bertz CT molecular complexity index is 511. The molecule has 0 spiro atoms. The van der Waals surface area contributed by atoms with Gasteiger partial charge in [-0.1, -0.05) is 26.0 Å². The molecule has 2 atom stereocenters. The number of nitrogens with two attached hydrogens (primary N) is 1. The van der Waals surface area contributed by atoms with Crippen LogP contribution in [0.25, 0.3) is 0 Å². The predicted octanol–water partition coefficient (Wildman–Crippen LogP) is 1.47.